The van der Waals surface area contributed by atoms with Crippen LogP contribution in [0.3, 0.4) is 0 Å². The summed E-state index contributed by atoms with van der Waals surface area (Å²) >= 11 is 0. The zero-order chi connectivity index (χ0) is 22.1. The number of amides is 3. The maximum atomic E-state index is 13.0. The molecular formula is C23H30N2O5. The Labute approximate surface area is 177 Å². The second-order valence-corrected chi connectivity index (χ2v) is 9.39. The summed E-state index contributed by atoms with van der Waals surface area (Å²) in [4.78, 5) is 50.9. The van der Waals surface area contributed by atoms with Crippen molar-refractivity contribution >= 4 is 23.7 Å². The van der Waals surface area contributed by atoms with E-state index in [0.29, 0.717) is 18.4 Å². The predicted molar refractivity (Wildman–Crippen MR) is 111 cm³/mol. The highest BCUT2D eigenvalue weighted by Gasteiger charge is 2.56. The fourth-order valence-corrected chi connectivity index (χ4v) is 4.98. The van der Waals surface area contributed by atoms with E-state index in [1.54, 1.807) is 12.1 Å². The van der Waals surface area contributed by atoms with Crippen molar-refractivity contribution in [1.29, 1.82) is 0 Å². The smallest absolute Gasteiger partial charge is 0.326 e. The standard InChI is InChI=1S/C23H30N2O5/c1-5-16-6-8-17(9-7-16)18(26)13-30-19(27)12-25-20(28)23(24-21(25)29)11-15(2)10-22(3,4)14-23/h6-9,15H,5,10-14H2,1-4H3,(H,24,29)/t15-,23+/m1/s1. The minimum Gasteiger partial charge on any atom is -0.456 e. The average Bonchev–Trinajstić information content (AvgIpc) is 2.87. The van der Waals surface area contributed by atoms with Crippen molar-refractivity contribution in [2.75, 3.05) is 13.2 Å². The monoisotopic (exact) mass is 414 g/mol. The van der Waals surface area contributed by atoms with E-state index in [1.807, 2.05) is 19.1 Å². The molecule has 0 bridgehead atoms. The minimum atomic E-state index is -0.963. The summed E-state index contributed by atoms with van der Waals surface area (Å²) in [6, 6.07) is 6.52. The Morgan fingerprint density at radius 2 is 1.83 bits per heavy atom. The molecule has 7 nitrogen and oxygen atoms in total. The van der Waals surface area contributed by atoms with E-state index in [0.717, 1.165) is 23.3 Å². The molecule has 1 saturated carbocycles. The number of nitrogens with zero attached hydrogens (tertiary/aromatic N) is 1. The number of hydrogen-bond donors (Lipinski definition) is 1. The summed E-state index contributed by atoms with van der Waals surface area (Å²) in [5.74, 6) is -1.22. The molecule has 1 N–H and O–H groups in total. The third-order valence-electron chi connectivity index (χ3n) is 5.96. The van der Waals surface area contributed by atoms with E-state index in [9.17, 15) is 19.2 Å². The van der Waals surface area contributed by atoms with Gasteiger partial charge in [0, 0.05) is 5.56 Å². The maximum absolute atomic E-state index is 13.0. The van der Waals surface area contributed by atoms with Gasteiger partial charge in [0.25, 0.3) is 5.91 Å². The third kappa shape index (κ3) is 4.55. The van der Waals surface area contributed by atoms with E-state index in [2.05, 4.69) is 26.1 Å². The number of carbonyl (C=O) groups excluding carboxylic acids is 4. The Hall–Kier alpha value is -2.70. The molecule has 30 heavy (non-hydrogen) atoms. The molecule has 1 saturated heterocycles. The molecule has 1 aliphatic heterocycles. The lowest BCUT2D eigenvalue weighted by atomic mass is 9.64. The molecule has 3 amide bonds. The molecule has 7 heteroatoms. The number of carbonyl (C=O) groups is 4. The number of ether oxygens (including phenoxy) is 1. The van der Waals surface area contributed by atoms with Crippen LogP contribution in [-0.2, 0) is 20.7 Å². The second kappa shape index (κ2) is 8.20. The number of ketones is 1. The highest BCUT2D eigenvalue weighted by Crippen LogP contribution is 2.46. The normalized spacial score (nSPS) is 25.3. The van der Waals surface area contributed by atoms with Gasteiger partial charge in [0.2, 0.25) is 0 Å². The largest absolute Gasteiger partial charge is 0.456 e. The van der Waals surface area contributed by atoms with Crippen LogP contribution in [0.5, 0.6) is 0 Å². The van der Waals surface area contributed by atoms with Crippen LogP contribution in [0.15, 0.2) is 24.3 Å². The molecule has 0 radical (unpaired) electrons. The first-order valence-electron chi connectivity index (χ1n) is 10.5. The Kier molecular flexibility index (Phi) is 6.01. The summed E-state index contributed by atoms with van der Waals surface area (Å²) in [6.45, 7) is 7.33. The van der Waals surface area contributed by atoms with Crippen molar-refractivity contribution < 1.29 is 23.9 Å². The van der Waals surface area contributed by atoms with E-state index >= 15 is 0 Å². The molecule has 0 unspecified atom stereocenters. The molecule has 162 valence electrons. The molecule has 2 fully saturated rings. The topological polar surface area (TPSA) is 92.8 Å². The fourth-order valence-electron chi connectivity index (χ4n) is 4.98. The lowest BCUT2D eigenvalue weighted by Gasteiger charge is -2.43. The van der Waals surface area contributed by atoms with Crippen molar-refractivity contribution in [3.63, 3.8) is 0 Å². The van der Waals surface area contributed by atoms with Crippen molar-refractivity contribution in [1.82, 2.24) is 10.2 Å². The summed E-state index contributed by atoms with van der Waals surface area (Å²) < 4.78 is 5.05. The average molecular weight is 415 g/mol. The number of benzene rings is 1. The maximum Gasteiger partial charge on any atom is 0.326 e. The van der Waals surface area contributed by atoms with Gasteiger partial charge in [-0.25, -0.2) is 4.79 Å². The van der Waals surface area contributed by atoms with Crippen LogP contribution in [0.2, 0.25) is 0 Å². The zero-order valence-electron chi connectivity index (χ0n) is 18.1. The minimum absolute atomic E-state index is 0.0864. The van der Waals surface area contributed by atoms with Crippen molar-refractivity contribution in [3.05, 3.63) is 35.4 Å². The van der Waals surface area contributed by atoms with Crippen molar-refractivity contribution in [2.24, 2.45) is 11.3 Å². The van der Waals surface area contributed by atoms with Gasteiger partial charge in [-0.05, 0) is 42.6 Å². The van der Waals surface area contributed by atoms with Crippen LogP contribution >= 0.6 is 0 Å². The molecule has 0 aromatic heterocycles. The first-order valence-corrected chi connectivity index (χ1v) is 10.5. The van der Waals surface area contributed by atoms with Gasteiger partial charge in [0.1, 0.15) is 12.1 Å². The Morgan fingerprint density at radius 1 is 1.17 bits per heavy atom. The first-order chi connectivity index (χ1) is 14.0. The molecule has 1 spiro atoms. The highest BCUT2D eigenvalue weighted by atomic mass is 16.5. The Bertz CT molecular complexity index is 861. The van der Waals surface area contributed by atoms with E-state index in [1.165, 1.54) is 0 Å². The van der Waals surface area contributed by atoms with Gasteiger partial charge in [-0.2, -0.15) is 0 Å². The summed E-state index contributed by atoms with van der Waals surface area (Å²) in [6.07, 6.45) is 2.93. The molecule has 3 rings (SSSR count). The first kappa shape index (κ1) is 22.0. The quantitative estimate of drug-likeness (QED) is 0.439. The molecule has 2 aliphatic rings. The third-order valence-corrected chi connectivity index (χ3v) is 5.96. The van der Waals surface area contributed by atoms with Gasteiger partial charge in [-0.15, -0.1) is 0 Å². The van der Waals surface area contributed by atoms with E-state index in [-0.39, 0.29) is 23.0 Å². The van der Waals surface area contributed by atoms with Crippen LogP contribution in [0, 0.1) is 11.3 Å². The van der Waals surface area contributed by atoms with Crippen molar-refractivity contribution in [2.45, 2.75) is 58.9 Å². The SMILES string of the molecule is CCc1ccc(C(=O)COC(=O)CN2C(=O)N[C@]3(C[C@H](C)CC(C)(C)C3)C2=O)cc1. The van der Waals surface area contributed by atoms with E-state index in [4.69, 9.17) is 4.74 Å². The molecule has 1 heterocycles. The Balaban J connectivity index is 1.59. The highest BCUT2D eigenvalue weighted by molar-refractivity contribution is 6.09. The number of Topliss-reactive ketones (excluding diaryl/α,β-unsaturated/α-hetero) is 1. The van der Waals surface area contributed by atoms with Gasteiger partial charge in [0.05, 0.1) is 0 Å². The number of rotatable bonds is 6. The van der Waals surface area contributed by atoms with Crippen LogP contribution < -0.4 is 5.32 Å². The lowest BCUT2D eigenvalue weighted by Crippen LogP contribution is -2.54. The van der Waals surface area contributed by atoms with E-state index < -0.39 is 30.7 Å². The molecule has 1 aromatic carbocycles. The molecule has 1 aromatic rings. The van der Waals surface area contributed by atoms with Gasteiger partial charge < -0.3 is 10.1 Å². The molecule has 2 atom stereocenters. The number of esters is 1. The number of urea groups is 1. The van der Waals surface area contributed by atoms with Gasteiger partial charge >= 0.3 is 12.0 Å². The molecular weight excluding hydrogens is 384 g/mol. The molecule has 1 aliphatic carbocycles. The van der Waals surface area contributed by atoms with Gasteiger partial charge in [-0.1, -0.05) is 52.0 Å². The van der Waals surface area contributed by atoms with Gasteiger partial charge in [-0.3, -0.25) is 19.3 Å². The fraction of sp³-hybridized carbons (Fsp3) is 0.565. The van der Waals surface area contributed by atoms with Crippen LogP contribution in [0.25, 0.3) is 0 Å². The summed E-state index contributed by atoms with van der Waals surface area (Å²) in [5, 5.41) is 2.82. The van der Waals surface area contributed by atoms with Crippen LogP contribution in [-0.4, -0.2) is 47.3 Å². The van der Waals surface area contributed by atoms with Crippen molar-refractivity contribution in [3.8, 4) is 0 Å². The predicted octanol–water partition coefficient (Wildman–Crippen LogP) is 3.11. The van der Waals surface area contributed by atoms with Crippen LogP contribution in [0.1, 0.15) is 62.9 Å². The van der Waals surface area contributed by atoms with Gasteiger partial charge in [0.15, 0.2) is 12.4 Å². The lowest BCUT2D eigenvalue weighted by molar-refractivity contribution is -0.147. The summed E-state index contributed by atoms with van der Waals surface area (Å²) in [5.41, 5.74) is 0.510. The number of imide groups is 1. The summed E-state index contributed by atoms with van der Waals surface area (Å²) in [7, 11) is 0. The Morgan fingerprint density at radius 3 is 2.43 bits per heavy atom. The number of hydrogen-bond acceptors (Lipinski definition) is 5. The number of nitrogens with one attached hydrogen (secondary N) is 1. The second-order valence-electron chi connectivity index (χ2n) is 9.39. The van der Waals surface area contributed by atoms with Crippen LogP contribution in [0.4, 0.5) is 4.79 Å². The zero-order valence-corrected chi connectivity index (χ0v) is 18.1. The number of aryl methyl sites for hydroxylation is 1.